The SMILES string of the molecule is Cc1ccccc1-c1ccc(C(=O)N[C@@H](CC(=O)NS(C)(=O)=O)C(C)(C)C)nc1-c1ccc(Cl)c(OCCCN(C)C)c1. The van der Waals surface area contributed by atoms with Crippen LogP contribution >= 0.6 is 11.6 Å². The van der Waals surface area contributed by atoms with E-state index in [1.807, 2.05) is 89.0 Å². The van der Waals surface area contributed by atoms with Crippen LogP contribution in [0.3, 0.4) is 0 Å². The standard InChI is InChI=1S/C32H41ClN4O5S/c1-21-11-8-9-12-23(21)24-14-16-26(31(39)35-28(32(2,3)4)20-29(38)36-43(7,40)41)34-30(24)22-13-15-25(33)27(19-22)42-18-10-17-37(5)6/h8-9,11-16,19,28H,10,17-18,20H2,1-7H3,(H,35,39)(H,36,38)/t28-/m0/s1. The summed E-state index contributed by atoms with van der Waals surface area (Å²) in [6.07, 6.45) is 1.52. The van der Waals surface area contributed by atoms with Crippen LogP contribution in [0.15, 0.2) is 54.6 Å². The lowest BCUT2D eigenvalue weighted by atomic mass is 9.84. The van der Waals surface area contributed by atoms with Crippen LogP contribution in [0.5, 0.6) is 5.75 Å². The summed E-state index contributed by atoms with van der Waals surface area (Å²) in [7, 11) is 0.277. The number of nitrogens with one attached hydrogen (secondary N) is 2. The molecule has 0 bridgehead atoms. The average molecular weight is 629 g/mol. The van der Waals surface area contributed by atoms with Crippen molar-refractivity contribution in [3.05, 3.63) is 70.9 Å². The van der Waals surface area contributed by atoms with E-state index in [4.69, 9.17) is 21.3 Å². The smallest absolute Gasteiger partial charge is 0.270 e. The molecule has 0 unspecified atom stereocenters. The summed E-state index contributed by atoms with van der Waals surface area (Å²) in [6, 6.07) is 16.2. The predicted molar refractivity (Wildman–Crippen MR) is 172 cm³/mol. The van der Waals surface area contributed by atoms with Crippen molar-refractivity contribution >= 4 is 33.4 Å². The summed E-state index contributed by atoms with van der Waals surface area (Å²) in [6.45, 7) is 8.96. The van der Waals surface area contributed by atoms with Crippen LogP contribution in [0, 0.1) is 12.3 Å². The zero-order chi connectivity index (χ0) is 31.9. The second kappa shape index (κ2) is 14.3. The van der Waals surface area contributed by atoms with Crippen molar-refractivity contribution in [2.75, 3.05) is 33.5 Å². The number of amides is 2. The van der Waals surface area contributed by atoms with Crippen molar-refractivity contribution < 1.29 is 22.7 Å². The van der Waals surface area contributed by atoms with Gasteiger partial charge < -0.3 is 15.0 Å². The molecular weight excluding hydrogens is 588 g/mol. The number of aryl methyl sites for hydroxylation is 1. The van der Waals surface area contributed by atoms with Crippen LogP contribution in [0.25, 0.3) is 22.4 Å². The third-order valence-electron chi connectivity index (χ3n) is 6.81. The van der Waals surface area contributed by atoms with Gasteiger partial charge in [-0.2, -0.15) is 0 Å². The number of halogens is 1. The lowest BCUT2D eigenvalue weighted by molar-refractivity contribution is -0.120. The van der Waals surface area contributed by atoms with Crippen molar-refractivity contribution in [3.63, 3.8) is 0 Å². The molecule has 0 saturated carbocycles. The minimum atomic E-state index is -3.73. The molecule has 0 spiro atoms. The number of carbonyl (C=O) groups is 2. The molecule has 11 heteroatoms. The molecule has 2 amide bonds. The highest BCUT2D eigenvalue weighted by Crippen LogP contribution is 2.36. The van der Waals surface area contributed by atoms with E-state index in [1.54, 1.807) is 12.1 Å². The van der Waals surface area contributed by atoms with Gasteiger partial charge in [0.05, 0.1) is 23.6 Å². The van der Waals surface area contributed by atoms with Crippen LogP contribution < -0.4 is 14.8 Å². The molecule has 9 nitrogen and oxygen atoms in total. The number of pyridine rings is 1. The Morgan fingerprint density at radius 2 is 1.74 bits per heavy atom. The van der Waals surface area contributed by atoms with Gasteiger partial charge in [0, 0.05) is 30.1 Å². The summed E-state index contributed by atoms with van der Waals surface area (Å²) in [5.74, 6) is -0.667. The minimum absolute atomic E-state index is 0.147. The molecule has 2 N–H and O–H groups in total. The maximum atomic E-state index is 13.5. The first-order valence-corrected chi connectivity index (χ1v) is 16.3. The average Bonchev–Trinajstić information content (AvgIpc) is 2.90. The van der Waals surface area contributed by atoms with Crippen molar-refractivity contribution in [2.24, 2.45) is 5.41 Å². The number of nitrogens with zero attached hydrogens (tertiary/aromatic N) is 2. The number of hydrogen-bond donors (Lipinski definition) is 2. The third kappa shape index (κ3) is 10.0. The molecule has 1 atom stereocenters. The highest BCUT2D eigenvalue weighted by molar-refractivity contribution is 7.89. The topological polar surface area (TPSA) is 118 Å². The van der Waals surface area contributed by atoms with E-state index in [-0.39, 0.29) is 12.1 Å². The zero-order valence-corrected chi connectivity index (χ0v) is 27.4. The Morgan fingerprint density at radius 1 is 1.05 bits per heavy atom. The molecule has 0 aliphatic heterocycles. The first-order chi connectivity index (χ1) is 20.0. The largest absolute Gasteiger partial charge is 0.492 e. The molecular formula is C32H41ClN4O5S. The molecule has 0 aliphatic rings. The summed E-state index contributed by atoms with van der Waals surface area (Å²) >= 11 is 6.48. The van der Waals surface area contributed by atoms with Crippen LogP contribution in [0.4, 0.5) is 0 Å². The van der Waals surface area contributed by atoms with Gasteiger partial charge in [0.15, 0.2) is 0 Å². The molecule has 0 aliphatic carbocycles. The highest BCUT2D eigenvalue weighted by atomic mass is 35.5. The minimum Gasteiger partial charge on any atom is -0.492 e. The number of benzene rings is 2. The van der Waals surface area contributed by atoms with Gasteiger partial charge in [-0.3, -0.25) is 14.3 Å². The van der Waals surface area contributed by atoms with E-state index in [0.29, 0.717) is 23.1 Å². The van der Waals surface area contributed by atoms with Crippen LogP contribution in [-0.4, -0.2) is 69.7 Å². The lowest BCUT2D eigenvalue weighted by Crippen LogP contribution is -2.47. The number of hydrogen-bond acceptors (Lipinski definition) is 7. The number of carbonyl (C=O) groups excluding carboxylic acids is 2. The molecule has 0 fully saturated rings. The Kier molecular flexibility index (Phi) is 11.3. The normalized spacial score (nSPS) is 12.6. The molecule has 0 saturated heterocycles. The molecule has 232 valence electrons. The van der Waals surface area contributed by atoms with Gasteiger partial charge in [0.2, 0.25) is 15.9 Å². The zero-order valence-electron chi connectivity index (χ0n) is 25.8. The van der Waals surface area contributed by atoms with E-state index in [0.717, 1.165) is 41.5 Å². The molecule has 3 aromatic rings. The second-order valence-corrected chi connectivity index (χ2v) is 14.1. The first kappa shape index (κ1) is 34.0. The Labute approximate surface area is 260 Å². The number of rotatable bonds is 12. The van der Waals surface area contributed by atoms with Gasteiger partial charge >= 0.3 is 0 Å². The molecule has 0 radical (unpaired) electrons. The fourth-order valence-electron chi connectivity index (χ4n) is 4.46. The molecule has 3 rings (SSSR count). The maximum Gasteiger partial charge on any atom is 0.270 e. The van der Waals surface area contributed by atoms with Crippen LogP contribution in [0.2, 0.25) is 5.02 Å². The molecule has 1 heterocycles. The Hall–Kier alpha value is -3.47. The quantitative estimate of drug-likeness (QED) is 0.261. The molecule has 1 aromatic heterocycles. The Bertz CT molecular complexity index is 1570. The van der Waals surface area contributed by atoms with Crippen molar-refractivity contribution in [1.82, 2.24) is 19.9 Å². The van der Waals surface area contributed by atoms with Crippen molar-refractivity contribution in [1.29, 1.82) is 0 Å². The molecule has 2 aromatic carbocycles. The van der Waals surface area contributed by atoms with E-state index >= 15 is 0 Å². The van der Waals surface area contributed by atoms with E-state index in [2.05, 4.69) is 10.2 Å². The lowest BCUT2D eigenvalue weighted by Gasteiger charge is -2.31. The predicted octanol–water partition coefficient (Wildman–Crippen LogP) is 5.32. The first-order valence-electron chi connectivity index (χ1n) is 14.0. The number of ether oxygens (including phenoxy) is 1. The van der Waals surface area contributed by atoms with Gasteiger partial charge in [-0.05, 0) is 68.2 Å². The summed E-state index contributed by atoms with van der Waals surface area (Å²) in [4.78, 5) is 32.8. The summed E-state index contributed by atoms with van der Waals surface area (Å²) < 4.78 is 31.1. The van der Waals surface area contributed by atoms with E-state index in [9.17, 15) is 18.0 Å². The van der Waals surface area contributed by atoms with E-state index < -0.39 is 33.3 Å². The fourth-order valence-corrected chi connectivity index (χ4v) is 5.13. The maximum absolute atomic E-state index is 13.5. The number of aromatic nitrogens is 1. The van der Waals surface area contributed by atoms with Crippen molar-refractivity contribution in [2.45, 2.75) is 46.6 Å². The third-order valence-corrected chi connectivity index (χ3v) is 7.73. The second-order valence-electron chi connectivity index (χ2n) is 12.0. The van der Waals surface area contributed by atoms with Gasteiger partial charge in [-0.1, -0.05) is 62.7 Å². The van der Waals surface area contributed by atoms with Gasteiger partial charge in [-0.25, -0.2) is 13.4 Å². The van der Waals surface area contributed by atoms with E-state index in [1.165, 1.54) is 0 Å². The van der Waals surface area contributed by atoms with Gasteiger partial charge in [-0.15, -0.1) is 0 Å². The summed E-state index contributed by atoms with van der Waals surface area (Å²) in [5.41, 5.74) is 3.72. The van der Waals surface area contributed by atoms with Crippen LogP contribution in [-0.2, 0) is 14.8 Å². The Balaban J connectivity index is 2.01. The van der Waals surface area contributed by atoms with Crippen LogP contribution in [0.1, 0.15) is 49.7 Å². The monoisotopic (exact) mass is 628 g/mol. The van der Waals surface area contributed by atoms with Gasteiger partial charge in [0.25, 0.3) is 5.91 Å². The Morgan fingerprint density at radius 3 is 2.37 bits per heavy atom. The molecule has 43 heavy (non-hydrogen) atoms. The van der Waals surface area contributed by atoms with Crippen molar-refractivity contribution in [3.8, 4) is 28.1 Å². The number of sulfonamides is 1. The fraction of sp³-hybridized carbons (Fsp3) is 0.406. The van der Waals surface area contributed by atoms with Gasteiger partial charge in [0.1, 0.15) is 11.4 Å². The highest BCUT2D eigenvalue weighted by Gasteiger charge is 2.30. The summed E-state index contributed by atoms with van der Waals surface area (Å²) in [5, 5.41) is 3.37.